The number of phenols is 1. The molecule has 2 unspecified atom stereocenters. The second kappa shape index (κ2) is 5.68. The summed E-state index contributed by atoms with van der Waals surface area (Å²) < 4.78 is 0. The van der Waals surface area contributed by atoms with Crippen LogP contribution in [0, 0.1) is 12.3 Å². The average molecular weight is 290 g/mol. The maximum absolute atomic E-state index is 11.9. The third-order valence-corrected chi connectivity index (χ3v) is 4.54. The normalized spacial score (nSPS) is 21.2. The largest absolute Gasteiger partial charge is 0.508 e. The van der Waals surface area contributed by atoms with E-state index in [1.807, 2.05) is 19.9 Å². The zero-order valence-corrected chi connectivity index (χ0v) is 13.6. The first-order valence-corrected chi connectivity index (χ1v) is 7.56. The summed E-state index contributed by atoms with van der Waals surface area (Å²) >= 11 is 0. The lowest BCUT2D eigenvalue weighted by Crippen LogP contribution is -2.42. The number of fused-ring (bicyclic) bond motifs is 1. The van der Waals surface area contributed by atoms with Crippen molar-refractivity contribution in [2.45, 2.75) is 46.1 Å². The van der Waals surface area contributed by atoms with Crippen LogP contribution in [0.5, 0.6) is 5.75 Å². The molecule has 116 valence electrons. The van der Waals surface area contributed by atoms with Crippen LogP contribution in [0.3, 0.4) is 0 Å². The van der Waals surface area contributed by atoms with Gasteiger partial charge in [-0.25, -0.2) is 0 Å². The SMILES string of the molecule is CNC(=O)C(C)(C)CNC1CC(C)c2c(C)ccc(O)c21. The summed E-state index contributed by atoms with van der Waals surface area (Å²) in [5, 5.41) is 16.4. The van der Waals surface area contributed by atoms with Crippen molar-refractivity contribution in [2.24, 2.45) is 5.41 Å². The third kappa shape index (κ3) is 2.91. The molecule has 0 bridgehead atoms. The maximum Gasteiger partial charge on any atom is 0.226 e. The van der Waals surface area contributed by atoms with Gasteiger partial charge in [-0.1, -0.05) is 13.0 Å². The molecular formula is C17H26N2O2. The summed E-state index contributed by atoms with van der Waals surface area (Å²) in [5.74, 6) is 0.803. The van der Waals surface area contributed by atoms with Gasteiger partial charge in [0.15, 0.2) is 0 Å². The summed E-state index contributed by atoms with van der Waals surface area (Å²) in [5.41, 5.74) is 3.02. The van der Waals surface area contributed by atoms with Crippen LogP contribution in [0.2, 0.25) is 0 Å². The fourth-order valence-corrected chi connectivity index (χ4v) is 3.33. The summed E-state index contributed by atoms with van der Waals surface area (Å²) in [4.78, 5) is 11.9. The van der Waals surface area contributed by atoms with Crippen LogP contribution < -0.4 is 10.6 Å². The number of hydrogen-bond donors (Lipinski definition) is 3. The van der Waals surface area contributed by atoms with E-state index in [0.717, 1.165) is 12.0 Å². The van der Waals surface area contributed by atoms with Crippen LogP contribution >= 0.6 is 0 Å². The highest BCUT2D eigenvalue weighted by molar-refractivity contribution is 5.81. The Balaban J connectivity index is 2.19. The van der Waals surface area contributed by atoms with Gasteiger partial charge in [0.25, 0.3) is 0 Å². The predicted molar refractivity (Wildman–Crippen MR) is 84.5 cm³/mol. The van der Waals surface area contributed by atoms with Crippen LogP contribution in [0.15, 0.2) is 12.1 Å². The van der Waals surface area contributed by atoms with Gasteiger partial charge in [0.05, 0.1) is 5.41 Å². The topological polar surface area (TPSA) is 61.4 Å². The summed E-state index contributed by atoms with van der Waals surface area (Å²) in [6, 6.07) is 3.85. The number of rotatable bonds is 4. The molecule has 1 aliphatic carbocycles. The monoisotopic (exact) mass is 290 g/mol. The number of amides is 1. The smallest absolute Gasteiger partial charge is 0.226 e. The van der Waals surface area contributed by atoms with E-state index >= 15 is 0 Å². The highest BCUT2D eigenvalue weighted by Crippen LogP contribution is 2.46. The zero-order chi connectivity index (χ0) is 15.8. The van der Waals surface area contributed by atoms with E-state index in [-0.39, 0.29) is 11.9 Å². The van der Waals surface area contributed by atoms with Crippen molar-refractivity contribution in [1.82, 2.24) is 10.6 Å². The Hall–Kier alpha value is -1.55. The molecule has 2 atom stereocenters. The van der Waals surface area contributed by atoms with Crippen molar-refractivity contribution in [2.75, 3.05) is 13.6 Å². The lowest BCUT2D eigenvalue weighted by Gasteiger charge is -2.26. The van der Waals surface area contributed by atoms with Gasteiger partial charge in [-0.2, -0.15) is 0 Å². The third-order valence-electron chi connectivity index (χ3n) is 4.54. The predicted octanol–water partition coefficient (Wildman–Crippen LogP) is 2.61. The molecule has 1 aliphatic rings. The molecule has 0 aromatic heterocycles. The minimum atomic E-state index is -0.472. The molecule has 3 N–H and O–H groups in total. The first-order chi connectivity index (χ1) is 9.77. The Morgan fingerprint density at radius 1 is 1.38 bits per heavy atom. The van der Waals surface area contributed by atoms with Crippen LogP contribution in [0.1, 0.15) is 55.8 Å². The Bertz CT molecular complexity index is 552. The van der Waals surface area contributed by atoms with E-state index in [1.54, 1.807) is 13.1 Å². The Labute approximate surface area is 126 Å². The van der Waals surface area contributed by atoms with Gasteiger partial charge in [0, 0.05) is 25.2 Å². The van der Waals surface area contributed by atoms with Crippen molar-refractivity contribution in [1.29, 1.82) is 0 Å². The van der Waals surface area contributed by atoms with Crippen molar-refractivity contribution in [3.05, 3.63) is 28.8 Å². The molecule has 4 heteroatoms. The molecule has 0 spiro atoms. The van der Waals surface area contributed by atoms with Gasteiger partial charge in [0.1, 0.15) is 5.75 Å². The number of nitrogens with one attached hydrogen (secondary N) is 2. The summed E-state index contributed by atoms with van der Waals surface area (Å²) in [6.07, 6.45) is 0.956. The quantitative estimate of drug-likeness (QED) is 0.799. The fraction of sp³-hybridized carbons (Fsp3) is 0.588. The molecule has 0 saturated heterocycles. The standard InChI is InChI=1S/C17H26N2O2/c1-10-6-7-13(20)15-12(8-11(2)14(10)15)19-9-17(3,4)16(21)18-5/h6-7,11-12,19-20H,8-9H2,1-5H3,(H,18,21). The number of benzene rings is 1. The summed E-state index contributed by atoms with van der Waals surface area (Å²) in [6.45, 7) is 8.71. The molecule has 0 radical (unpaired) electrons. The first kappa shape index (κ1) is 15.8. The molecule has 1 amide bonds. The molecular weight excluding hydrogens is 264 g/mol. The molecule has 0 heterocycles. The van der Waals surface area contributed by atoms with E-state index in [9.17, 15) is 9.90 Å². The average Bonchev–Trinajstić information content (AvgIpc) is 2.78. The van der Waals surface area contributed by atoms with E-state index in [1.165, 1.54) is 11.1 Å². The van der Waals surface area contributed by atoms with Gasteiger partial charge < -0.3 is 15.7 Å². The minimum Gasteiger partial charge on any atom is -0.508 e. The van der Waals surface area contributed by atoms with E-state index in [0.29, 0.717) is 18.2 Å². The van der Waals surface area contributed by atoms with Crippen molar-refractivity contribution >= 4 is 5.91 Å². The number of aromatic hydroxyl groups is 1. The Kier molecular flexibility index (Phi) is 4.28. The van der Waals surface area contributed by atoms with Gasteiger partial charge in [-0.05, 0) is 50.3 Å². The second-order valence-corrected chi connectivity index (χ2v) is 6.76. The zero-order valence-electron chi connectivity index (χ0n) is 13.6. The number of phenolic OH excluding ortho intramolecular Hbond substituents is 1. The summed E-state index contributed by atoms with van der Waals surface area (Å²) in [7, 11) is 1.66. The molecule has 2 rings (SSSR count). The highest BCUT2D eigenvalue weighted by atomic mass is 16.3. The fourth-order valence-electron chi connectivity index (χ4n) is 3.33. The van der Waals surface area contributed by atoms with Gasteiger partial charge >= 0.3 is 0 Å². The van der Waals surface area contributed by atoms with Crippen LogP contribution in [0.25, 0.3) is 0 Å². The van der Waals surface area contributed by atoms with Gasteiger partial charge in [0.2, 0.25) is 5.91 Å². The Morgan fingerprint density at radius 2 is 2.05 bits per heavy atom. The second-order valence-electron chi connectivity index (χ2n) is 6.76. The first-order valence-electron chi connectivity index (χ1n) is 7.56. The van der Waals surface area contributed by atoms with E-state index in [2.05, 4.69) is 24.5 Å². The molecule has 0 aliphatic heterocycles. The number of carbonyl (C=O) groups excluding carboxylic acids is 1. The van der Waals surface area contributed by atoms with Gasteiger partial charge in [-0.3, -0.25) is 4.79 Å². The maximum atomic E-state index is 11.9. The minimum absolute atomic E-state index is 0.0229. The Morgan fingerprint density at radius 3 is 2.67 bits per heavy atom. The van der Waals surface area contributed by atoms with E-state index < -0.39 is 5.41 Å². The van der Waals surface area contributed by atoms with Crippen molar-refractivity contribution in [3.8, 4) is 5.75 Å². The molecule has 4 nitrogen and oxygen atoms in total. The lowest BCUT2D eigenvalue weighted by molar-refractivity contribution is -0.128. The lowest BCUT2D eigenvalue weighted by atomic mass is 9.91. The van der Waals surface area contributed by atoms with Crippen LogP contribution in [-0.4, -0.2) is 24.6 Å². The van der Waals surface area contributed by atoms with Crippen molar-refractivity contribution < 1.29 is 9.90 Å². The van der Waals surface area contributed by atoms with Gasteiger partial charge in [-0.15, -0.1) is 0 Å². The van der Waals surface area contributed by atoms with Crippen molar-refractivity contribution in [3.63, 3.8) is 0 Å². The van der Waals surface area contributed by atoms with E-state index in [4.69, 9.17) is 0 Å². The number of hydrogen-bond acceptors (Lipinski definition) is 3. The number of aryl methyl sites for hydroxylation is 1. The van der Waals surface area contributed by atoms with Crippen LogP contribution in [0.4, 0.5) is 0 Å². The highest BCUT2D eigenvalue weighted by Gasteiger charge is 2.34. The molecule has 0 fully saturated rings. The number of carbonyl (C=O) groups is 1. The van der Waals surface area contributed by atoms with Crippen LogP contribution in [-0.2, 0) is 4.79 Å². The molecule has 1 aromatic rings. The molecule has 1 aromatic carbocycles. The molecule has 0 saturated carbocycles. The molecule has 21 heavy (non-hydrogen) atoms.